The summed E-state index contributed by atoms with van der Waals surface area (Å²) in [6.07, 6.45) is 1.29. The molecule has 1 fully saturated rings. The highest BCUT2D eigenvalue weighted by Gasteiger charge is 2.28. The van der Waals surface area contributed by atoms with Crippen molar-refractivity contribution >= 4 is 21.8 Å². The zero-order valence-electron chi connectivity index (χ0n) is 16.3. The summed E-state index contributed by atoms with van der Waals surface area (Å²) in [6.45, 7) is 1.27. The Morgan fingerprint density at radius 2 is 1.48 bits per heavy atom. The number of rotatable bonds is 6. The van der Waals surface area contributed by atoms with Crippen molar-refractivity contribution in [3.8, 4) is 0 Å². The molecule has 3 rings (SSSR count). The highest BCUT2D eigenvalue weighted by atomic mass is 32.2. The number of carbonyl (C=O) groups is 2. The maximum absolute atomic E-state index is 12.9. The SMILES string of the molecule is CS(=O)(=O)N1CCN(C(=O)CC(NC(=O)c2ccccc2)c2ccccc2)CC1. The average Bonchev–Trinajstić information content (AvgIpc) is 2.74. The molecule has 0 aromatic heterocycles. The topological polar surface area (TPSA) is 86.8 Å². The van der Waals surface area contributed by atoms with Crippen LogP contribution in [0.5, 0.6) is 0 Å². The molecule has 0 saturated carbocycles. The standard InChI is InChI=1S/C21H25N3O4S/c1-29(27,28)24-14-12-23(13-15-24)20(25)16-19(17-8-4-2-5-9-17)22-21(26)18-10-6-3-7-11-18/h2-11,19H,12-16H2,1H3,(H,22,26). The lowest BCUT2D eigenvalue weighted by molar-refractivity contribution is -0.132. The summed E-state index contributed by atoms with van der Waals surface area (Å²) in [6, 6.07) is 17.8. The van der Waals surface area contributed by atoms with E-state index < -0.39 is 16.1 Å². The molecule has 29 heavy (non-hydrogen) atoms. The van der Waals surface area contributed by atoms with Gasteiger partial charge >= 0.3 is 0 Å². The second-order valence-corrected chi connectivity index (χ2v) is 9.03. The van der Waals surface area contributed by atoms with Crippen molar-refractivity contribution in [3.05, 3.63) is 71.8 Å². The first-order valence-electron chi connectivity index (χ1n) is 9.48. The quantitative estimate of drug-likeness (QED) is 0.777. The monoisotopic (exact) mass is 415 g/mol. The lowest BCUT2D eigenvalue weighted by Gasteiger charge is -2.34. The van der Waals surface area contributed by atoms with E-state index in [0.29, 0.717) is 18.7 Å². The third-order valence-corrected chi connectivity index (χ3v) is 6.29. The van der Waals surface area contributed by atoms with Gasteiger partial charge in [-0.25, -0.2) is 8.42 Å². The second-order valence-electron chi connectivity index (χ2n) is 7.05. The maximum Gasteiger partial charge on any atom is 0.251 e. The maximum atomic E-state index is 12.9. The fourth-order valence-corrected chi connectivity index (χ4v) is 4.17. The molecule has 1 unspecified atom stereocenters. The van der Waals surface area contributed by atoms with Crippen LogP contribution < -0.4 is 5.32 Å². The van der Waals surface area contributed by atoms with Gasteiger partial charge in [-0.05, 0) is 17.7 Å². The Kier molecular flexibility index (Phi) is 6.66. The Morgan fingerprint density at radius 1 is 0.931 bits per heavy atom. The van der Waals surface area contributed by atoms with E-state index in [0.717, 1.165) is 5.56 Å². The summed E-state index contributed by atoms with van der Waals surface area (Å²) in [5.41, 5.74) is 1.38. The number of benzene rings is 2. The predicted molar refractivity (Wildman–Crippen MR) is 111 cm³/mol. The molecule has 1 atom stereocenters. The molecule has 1 aliphatic heterocycles. The number of hydrogen-bond acceptors (Lipinski definition) is 4. The van der Waals surface area contributed by atoms with Crippen LogP contribution in [-0.4, -0.2) is 61.9 Å². The Balaban J connectivity index is 1.69. The van der Waals surface area contributed by atoms with Crippen LogP contribution in [0.4, 0.5) is 0 Å². The van der Waals surface area contributed by atoms with Crippen molar-refractivity contribution in [2.45, 2.75) is 12.5 Å². The molecular formula is C21H25N3O4S. The van der Waals surface area contributed by atoms with Crippen LogP contribution in [0.15, 0.2) is 60.7 Å². The minimum atomic E-state index is -3.25. The molecule has 2 aromatic rings. The first kappa shape index (κ1) is 21.0. The number of nitrogens with one attached hydrogen (secondary N) is 1. The Bertz CT molecular complexity index is 940. The average molecular weight is 416 g/mol. The Labute approximate surface area is 171 Å². The van der Waals surface area contributed by atoms with Gasteiger partial charge in [0.1, 0.15) is 0 Å². The van der Waals surface area contributed by atoms with E-state index in [9.17, 15) is 18.0 Å². The molecule has 2 aromatic carbocycles. The van der Waals surface area contributed by atoms with Gasteiger partial charge in [-0.1, -0.05) is 48.5 Å². The molecule has 0 aliphatic carbocycles. The fraction of sp³-hybridized carbons (Fsp3) is 0.333. The van der Waals surface area contributed by atoms with Crippen molar-refractivity contribution in [1.82, 2.24) is 14.5 Å². The number of hydrogen-bond donors (Lipinski definition) is 1. The highest BCUT2D eigenvalue weighted by Crippen LogP contribution is 2.20. The van der Waals surface area contributed by atoms with Gasteiger partial charge in [0.2, 0.25) is 15.9 Å². The van der Waals surface area contributed by atoms with Gasteiger partial charge in [0.25, 0.3) is 5.91 Å². The largest absolute Gasteiger partial charge is 0.345 e. The van der Waals surface area contributed by atoms with E-state index in [2.05, 4.69) is 5.32 Å². The molecular weight excluding hydrogens is 390 g/mol. The van der Waals surface area contributed by atoms with Gasteiger partial charge in [0, 0.05) is 31.7 Å². The zero-order chi connectivity index (χ0) is 20.9. The molecule has 0 spiro atoms. The number of piperazine rings is 1. The predicted octanol–water partition coefficient (Wildman–Crippen LogP) is 1.65. The van der Waals surface area contributed by atoms with E-state index in [1.165, 1.54) is 10.6 Å². The van der Waals surface area contributed by atoms with Gasteiger partial charge < -0.3 is 10.2 Å². The van der Waals surface area contributed by atoms with Gasteiger partial charge in [-0.3, -0.25) is 9.59 Å². The molecule has 7 nitrogen and oxygen atoms in total. The smallest absolute Gasteiger partial charge is 0.251 e. The van der Waals surface area contributed by atoms with Crippen LogP contribution >= 0.6 is 0 Å². The fourth-order valence-electron chi connectivity index (χ4n) is 3.34. The van der Waals surface area contributed by atoms with Crippen LogP contribution in [-0.2, 0) is 14.8 Å². The van der Waals surface area contributed by atoms with Gasteiger partial charge in [-0.2, -0.15) is 4.31 Å². The van der Waals surface area contributed by atoms with E-state index in [4.69, 9.17) is 0 Å². The molecule has 0 radical (unpaired) electrons. The summed E-state index contributed by atoms with van der Waals surface area (Å²) in [5.74, 6) is -0.352. The van der Waals surface area contributed by atoms with Crippen molar-refractivity contribution < 1.29 is 18.0 Å². The van der Waals surface area contributed by atoms with Gasteiger partial charge in [0.05, 0.1) is 18.7 Å². The van der Waals surface area contributed by atoms with Crippen LogP contribution in [0.25, 0.3) is 0 Å². The molecule has 1 saturated heterocycles. The molecule has 1 heterocycles. The summed E-state index contributed by atoms with van der Waals surface area (Å²) < 4.78 is 24.7. The first-order valence-corrected chi connectivity index (χ1v) is 11.3. The normalized spacial score (nSPS) is 16.2. The molecule has 1 N–H and O–H groups in total. The summed E-state index contributed by atoms with van der Waals surface area (Å²) >= 11 is 0. The molecule has 8 heteroatoms. The van der Waals surface area contributed by atoms with Crippen LogP contribution in [0.2, 0.25) is 0 Å². The lowest BCUT2D eigenvalue weighted by atomic mass is 10.0. The number of carbonyl (C=O) groups excluding carboxylic acids is 2. The third kappa shape index (κ3) is 5.65. The molecule has 0 bridgehead atoms. The van der Waals surface area contributed by atoms with Gasteiger partial charge in [0.15, 0.2) is 0 Å². The van der Waals surface area contributed by atoms with Crippen LogP contribution in [0.1, 0.15) is 28.4 Å². The van der Waals surface area contributed by atoms with E-state index >= 15 is 0 Å². The molecule has 2 amide bonds. The van der Waals surface area contributed by atoms with Crippen molar-refractivity contribution in [1.29, 1.82) is 0 Å². The number of amides is 2. The summed E-state index contributed by atoms with van der Waals surface area (Å²) in [5, 5.41) is 2.96. The van der Waals surface area contributed by atoms with E-state index in [1.54, 1.807) is 29.2 Å². The Morgan fingerprint density at radius 3 is 2.03 bits per heavy atom. The number of nitrogens with zero attached hydrogens (tertiary/aromatic N) is 2. The summed E-state index contributed by atoms with van der Waals surface area (Å²) in [7, 11) is -3.25. The van der Waals surface area contributed by atoms with Crippen molar-refractivity contribution in [2.75, 3.05) is 32.4 Å². The van der Waals surface area contributed by atoms with Crippen LogP contribution in [0.3, 0.4) is 0 Å². The van der Waals surface area contributed by atoms with E-state index in [1.807, 2.05) is 36.4 Å². The second kappa shape index (κ2) is 9.19. The highest BCUT2D eigenvalue weighted by molar-refractivity contribution is 7.88. The third-order valence-electron chi connectivity index (χ3n) is 4.98. The molecule has 1 aliphatic rings. The first-order chi connectivity index (χ1) is 13.8. The minimum Gasteiger partial charge on any atom is -0.345 e. The molecule has 154 valence electrons. The van der Waals surface area contributed by atoms with E-state index in [-0.39, 0.29) is 31.3 Å². The summed E-state index contributed by atoms with van der Waals surface area (Å²) in [4.78, 5) is 27.2. The van der Waals surface area contributed by atoms with Crippen molar-refractivity contribution in [2.24, 2.45) is 0 Å². The minimum absolute atomic E-state index is 0.111. The Hall–Kier alpha value is -2.71. The van der Waals surface area contributed by atoms with Crippen molar-refractivity contribution in [3.63, 3.8) is 0 Å². The zero-order valence-corrected chi connectivity index (χ0v) is 17.1. The number of sulfonamides is 1. The lowest BCUT2D eigenvalue weighted by Crippen LogP contribution is -2.50. The van der Waals surface area contributed by atoms with Gasteiger partial charge in [-0.15, -0.1) is 0 Å². The van der Waals surface area contributed by atoms with Crippen LogP contribution in [0, 0.1) is 0 Å².